The summed E-state index contributed by atoms with van der Waals surface area (Å²) in [6.45, 7) is 4.14. The molecule has 0 amide bonds. The van der Waals surface area contributed by atoms with Crippen LogP contribution in [0.15, 0.2) is 12.4 Å². The number of nitrogens with zero attached hydrogens (tertiary/aromatic N) is 3. The fraction of sp³-hybridized carbons (Fsp3) is 0.643. The second kappa shape index (κ2) is 8.30. The van der Waals surface area contributed by atoms with Gasteiger partial charge in [-0.15, -0.1) is 0 Å². The molecule has 1 heterocycles. The van der Waals surface area contributed by atoms with Crippen LogP contribution in [-0.2, 0) is 16.1 Å². The van der Waals surface area contributed by atoms with Gasteiger partial charge in [0, 0.05) is 6.20 Å². The number of ether oxygens (including phenoxy) is 1. The number of nitriles is 1. The summed E-state index contributed by atoms with van der Waals surface area (Å²) in [5.41, 5.74) is 0.445. The Labute approximate surface area is 114 Å². The lowest BCUT2D eigenvalue weighted by Gasteiger charge is -2.13. The molecule has 5 heteroatoms. The largest absolute Gasteiger partial charge is 0.461 e. The third kappa shape index (κ3) is 6.05. The molecule has 0 spiro atoms. The SMILES string of the molecule is CCCCCCC(C)OC(=O)Cn1cc(C#N)cn1. The zero-order valence-corrected chi connectivity index (χ0v) is 11.6. The Balaban J connectivity index is 2.25. The van der Waals surface area contributed by atoms with E-state index in [2.05, 4.69) is 12.0 Å². The van der Waals surface area contributed by atoms with E-state index in [4.69, 9.17) is 10.00 Å². The monoisotopic (exact) mass is 263 g/mol. The maximum Gasteiger partial charge on any atom is 0.328 e. The van der Waals surface area contributed by atoms with E-state index in [1.165, 1.54) is 36.3 Å². The fourth-order valence-electron chi connectivity index (χ4n) is 1.82. The Bertz CT molecular complexity index is 434. The molecule has 0 aromatic carbocycles. The van der Waals surface area contributed by atoms with E-state index in [9.17, 15) is 4.79 Å². The first-order chi connectivity index (χ1) is 9.15. The normalized spacial score (nSPS) is 11.8. The molecule has 0 saturated carbocycles. The fourth-order valence-corrected chi connectivity index (χ4v) is 1.82. The average Bonchev–Trinajstić information content (AvgIpc) is 2.82. The van der Waals surface area contributed by atoms with Gasteiger partial charge >= 0.3 is 5.97 Å². The molecule has 1 aromatic rings. The predicted octanol–water partition coefficient (Wildman–Crippen LogP) is 2.66. The molecule has 0 saturated heterocycles. The van der Waals surface area contributed by atoms with Gasteiger partial charge in [-0.1, -0.05) is 26.2 Å². The highest BCUT2D eigenvalue weighted by molar-refractivity contribution is 5.69. The third-order valence-corrected chi connectivity index (χ3v) is 2.85. The quantitative estimate of drug-likeness (QED) is 0.534. The molecule has 0 aliphatic rings. The molecule has 1 rings (SSSR count). The van der Waals surface area contributed by atoms with Gasteiger partial charge in [0.1, 0.15) is 12.6 Å². The van der Waals surface area contributed by atoms with Crippen molar-refractivity contribution in [3.05, 3.63) is 18.0 Å². The second-order valence-corrected chi connectivity index (χ2v) is 4.69. The van der Waals surface area contributed by atoms with E-state index >= 15 is 0 Å². The number of hydrogen-bond donors (Lipinski definition) is 0. The number of hydrogen-bond acceptors (Lipinski definition) is 4. The molecule has 0 N–H and O–H groups in total. The van der Waals surface area contributed by atoms with Gasteiger partial charge < -0.3 is 4.74 Å². The summed E-state index contributed by atoms with van der Waals surface area (Å²) in [7, 11) is 0. The number of carbonyl (C=O) groups excluding carboxylic acids is 1. The van der Waals surface area contributed by atoms with Crippen molar-refractivity contribution in [2.75, 3.05) is 0 Å². The van der Waals surface area contributed by atoms with Crippen molar-refractivity contribution < 1.29 is 9.53 Å². The third-order valence-electron chi connectivity index (χ3n) is 2.85. The van der Waals surface area contributed by atoms with Gasteiger partial charge in [-0.3, -0.25) is 9.48 Å². The molecule has 1 unspecified atom stereocenters. The Morgan fingerprint density at radius 2 is 2.32 bits per heavy atom. The second-order valence-electron chi connectivity index (χ2n) is 4.69. The average molecular weight is 263 g/mol. The van der Waals surface area contributed by atoms with Crippen LogP contribution in [0.3, 0.4) is 0 Å². The summed E-state index contributed by atoms with van der Waals surface area (Å²) in [6.07, 6.45) is 8.50. The first-order valence-electron chi connectivity index (χ1n) is 6.77. The molecular weight excluding hydrogens is 242 g/mol. The van der Waals surface area contributed by atoms with Crippen LogP contribution < -0.4 is 0 Å². The van der Waals surface area contributed by atoms with Gasteiger partial charge in [0.05, 0.1) is 17.9 Å². The van der Waals surface area contributed by atoms with Crippen LogP contribution in [0, 0.1) is 11.3 Å². The van der Waals surface area contributed by atoms with Crippen LogP contribution in [0.2, 0.25) is 0 Å². The van der Waals surface area contributed by atoms with Crippen molar-refractivity contribution in [2.24, 2.45) is 0 Å². The summed E-state index contributed by atoms with van der Waals surface area (Å²) in [6, 6.07) is 1.97. The summed E-state index contributed by atoms with van der Waals surface area (Å²) < 4.78 is 6.72. The van der Waals surface area contributed by atoms with Gasteiger partial charge in [-0.05, 0) is 19.8 Å². The minimum atomic E-state index is -0.310. The van der Waals surface area contributed by atoms with Crippen molar-refractivity contribution >= 4 is 5.97 Å². The minimum Gasteiger partial charge on any atom is -0.461 e. The highest BCUT2D eigenvalue weighted by Crippen LogP contribution is 2.08. The van der Waals surface area contributed by atoms with E-state index in [1.54, 1.807) is 0 Å². The van der Waals surface area contributed by atoms with Crippen LogP contribution >= 0.6 is 0 Å². The maximum atomic E-state index is 11.6. The zero-order valence-electron chi connectivity index (χ0n) is 11.6. The summed E-state index contributed by atoms with van der Waals surface area (Å²) in [5, 5.41) is 12.6. The number of esters is 1. The van der Waals surface area contributed by atoms with Gasteiger partial charge in [-0.25, -0.2) is 0 Å². The molecule has 0 bridgehead atoms. The van der Waals surface area contributed by atoms with E-state index in [1.807, 2.05) is 13.0 Å². The minimum absolute atomic E-state index is 0.0565. The first kappa shape index (κ1) is 15.2. The van der Waals surface area contributed by atoms with Crippen molar-refractivity contribution in [2.45, 2.75) is 58.6 Å². The van der Waals surface area contributed by atoms with E-state index in [0.717, 1.165) is 12.8 Å². The predicted molar refractivity (Wildman–Crippen MR) is 71.3 cm³/mol. The summed E-state index contributed by atoms with van der Waals surface area (Å²) in [4.78, 5) is 11.6. The molecule has 1 aromatic heterocycles. The number of carbonyl (C=O) groups is 1. The maximum absolute atomic E-state index is 11.6. The van der Waals surface area contributed by atoms with Gasteiger partial charge in [0.15, 0.2) is 0 Å². The van der Waals surface area contributed by atoms with Gasteiger partial charge in [0.25, 0.3) is 0 Å². The molecule has 104 valence electrons. The molecule has 19 heavy (non-hydrogen) atoms. The number of rotatable bonds is 8. The summed E-state index contributed by atoms with van der Waals surface area (Å²) >= 11 is 0. The van der Waals surface area contributed by atoms with Crippen LogP contribution in [0.25, 0.3) is 0 Å². The molecule has 0 fully saturated rings. The lowest BCUT2D eigenvalue weighted by Crippen LogP contribution is -2.19. The van der Waals surface area contributed by atoms with Gasteiger partial charge in [0.2, 0.25) is 0 Å². The van der Waals surface area contributed by atoms with Crippen molar-refractivity contribution in [1.82, 2.24) is 9.78 Å². The van der Waals surface area contributed by atoms with E-state index in [0.29, 0.717) is 5.56 Å². The summed E-state index contributed by atoms with van der Waals surface area (Å²) in [5.74, 6) is -0.310. The Morgan fingerprint density at radius 3 is 2.95 bits per heavy atom. The lowest BCUT2D eigenvalue weighted by molar-refractivity contribution is -0.149. The molecule has 0 radical (unpaired) electrons. The first-order valence-corrected chi connectivity index (χ1v) is 6.77. The number of aromatic nitrogens is 2. The smallest absolute Gasteiger partial charge is 0.328 e. The molecule has 5 nitrogen and oxygen atoms in total. The van der Waals surface area contributed by atoms with E-state index < -0.39 is 0 Å². The van der Waals surface area contributed by atoms with E-state index in [-0.39, 0.29) is 18.6 Å². The van der Waals surface area contributed by atoms with Crippen molar-refractivity contribution in [3.63, 3.8) is 0 Å². The highest BCUT2D eigenvalue weighted by Gasteiger charge is 2.10. The van der Waals surface area contributed by atoms with Crippen LogP contribution in [0.4, 0.5) is 0 Å². The van der Waals surface area contributed by atoms with Crippen LogP contribution in [0.1, 0.15) is 51.5 Å². The molecule has 0 aliphatic heterocycles. The Kier molecular flexibility index (Phi) is 6.65. The molecule has 0 aliphatic carbocycles. The topological polar surface area (TPSA) is 67.9 Å². The van der Waals surface area contributed by atoms with Crippen molar-refractivity contribution in [3.8, 4) is 6.07 Å². The standard InChI is InChI=1S/C14H21N3O2/c1-3-4-5-6-7-12(2)19-14(18)11-17-10-13(8-15)9-16-17/h9-10,12H,3-7,11H2,1-2H3. The lowest BCUT2D eigenvalue weighted by atomic mass is 10.1. The molecule has 1 atom stereocenters. The zero-order chi connectivity index (χ0) is 14.1. The van der Waals surface area contributed by atoms with Crippen LogP contribution in [-0.4, -0.2) is 21.9 Å². The highest BCUT2D eigenvalue weighted by atomic mass is 16.5. The van der Waals surface area contributed by atoms with Gasteiger partial charge in [-0.2, -0.15) is 10.4 Å². The van der Waals surface area contributed by atoms with Crippen molar-refractivity contribution in [1.29, 1.82) is 5.26 Å². The molecular formula is C14H21N3O2. The Hall–Kier alpha value is -1.83. The van der Waals surface area contributed by atoms with Crippen LogP contribution in [0.5, 0.6) is 0 Å². The Morgan fingerprint density at radius 1 is 1.53 bits per heavy atom. The number of unbranched alkanes of at least 4 members (excludes halogenated alkanes) is 3.